The third-order valence-electron chi connectivity index (χ3n) is 3.12. The first-order chi connectivity index (χ1) is 8.76. The van der Waals surface area contributed by atoms with E-state index in [0.717, 1.165) is 25.3 Å². The summed E-state index contributed by atoms with van der Waals surface area (Å²) in [6.45, 7) is 8.13. The van der Waals surface area contributed by atoms with Gasteiger partial charge in [0.05, 0.1) is 18.5 Å². The molecule has 0 saturated carbocycles. The largest absolute Gasteiger partial charge is 0.469 e. The van der Waals surface area contributed by atoms with Crippen LogP contribution in [-0.2, 0) is 6.54 Å². The Kier molecular flexibility index (Phi) is 4.20. The topological polar surface area (TPSA) is 43.0 Å². The van der Waals surface area contributed by atoms with E-state index >= 15 is 0 Å². The lowest BCUT2D eigenvalue weighted by molar-refractivity contribution is 0.517. The second-order valence-electron chi connectivity index (χ2n) is 4.45. The molecule has 1 atom stereocenters. The van der Waals surface area contributed by atoms with Crippen molar-refractivity contribution >= 4 is 0 Å². The third-order valence-corrected chi connectivity index (χ3v) is 3.12. The van der Waals surface area contributed by atoms with Gasteiger partial charge in [-0.25, -0.2) is 0 Å². The van der Waals surface area contributed by atoms with Crippen LogP contribution < -0.4 is 5.32 Å². The van der Waals surface area contributed by atoms with Crippen LogP contribution in [0.3, 0.4) is 0 Å². The molecule has 0 spiro atoms. The number of rotatable bonds is 6. The highest BCUT2D eigenvalue weighted by Gasteiger charge is 2.18. The first-order valence-electron chi connectivity index (χ1n) is 6.56. The van der Waals surface area contributed by atoms with Crippen LogP contribution in [0.15, 0.2) is 29.1 Å². The van der Waals surface area contributed by atoms with Gasteiger partial charge in [-0.05, 0) is 32.9 Å². The van der Waals surface area contributed by atoms with Crippen LogP contribution in [-0.4, -0.2) is 16.3 Å². The maximum Gasteiger partial charge on any atom is 0.105 e. The third kappa shape index (κ3) is 2.64. The summed E-state index contributed by atoms with van der Waals surface area (Å²) < 4.78 is 7.36. The van der Waals surface area contributed by atoms with Crippen molar-refractivity contribution in [1.82, 2.24) is 15.1 Å². The van der Waals surface area contributed by atoms with Gasteiger partial charge < -0.3 is 9.73 Å². The van der Waals surface area contributed by atoms with Gasteiger partial charge >= 0.3 is 0 Å². The average Bonchev–Trinajstić information content (AvgIpc) is 3.00. The van der Waals surface area contributed by atoms with E-state index in [1.807, 2.05) is 23.9 Å². The number of nitrogens with one attached hydrogen (secondary N) is 1. The molecule has 0 aromatic carbocycles. The van der Waals surface area contributed by atoms with Gasteiger partial charge in [0.15, 0.2) is 0 Å². The van der Waals surface area contributed by atoms with E-state index in [-0.39, 0.29) is 6.04 Å². The molecule has 1 unspecified atom stereocenters. The minimum Gasteiger partial charge on any atom is -0.469 e. The van der Waals surface area contributed by atoms with E-state index in [0.29, 0.717) is 0 Å². The van der Waals surface area contributed by atoms with Crippen molar-refractivity contribution in [3.8, 4) is 0 Å². The Morgan fingerprint density at radius 2 is 2.28 bits per heavy atom. The Hall–Kier alpha value is -1.55. The number of aromatic nitrogens is 2. The highest BCUT2D eigenvalue weighted by Crippen LogP contribution is 2.25. The molecule has 0 saturated heterocycles. The summed E-state index contributed by atoms with van der Waals surface area (Å²) in [7, 11) is 0. The van der Waals surface area contributed by atoms with Crippen molar-refractivity contribution < 1.29 is 4.42 Å². The monoisotopic (exact) mass is 247 g/mol. The van der Waals surface area contributed by atoms with Gasteiger partial charge in [0.1, 0.15) is 5.76 Å². The molecule has 0 amide bonds. The highest BCUT2D eigenvalue weighted by molar-refractivity contribution is 5.30. The van der Waals surface area contributed by atoms with Crippen molar-refractivity contribution in [1.29, 1.82) is 0 Å². The molecule has 2 rings (SSSR count). The highest BCUT2D eigenvalue weighted by atomic mass is 16.3. The number of nitrogens with zero attached hydrogens (tertiary/aromatic N) is 2. The van der Waals surface area contributed by atoms with Crippen molar-refractivity contribution in [2.45, 2.75) is 39.8 Å². The summed E-state index contributed by atoms with van der Waals surface area (Å²) in [6.07, 6.45) is 6.88. The number of aryl methyl sites for hydroxylation is 2. The number of furan rings is 1. The van der Waals surface area contributed by atoms with E-state index in [9.17, 15) is 0 Å². The van der Waals surface area contributed by atoms with Gasteiger partial charge in [-0.3, -0.25) is 4.68 Å². The molecular weight excluding hydrogens is 226 g/mol. The minimum absolute atomic E-state index is 0.170. The van der Waals surface area contributed by atoms with Crippen LogP contribution in [0.5, 0.6) is 0 Å². The Bertz CT molecular complexity index is 487. The number of hydrogen-bond acceptors (Lipinski definition) is 3. The van der Waals surface area contributed by atoms with E-state index in [1.54, 1.807) is 6.26 Å². The molecular formula is C14H21N3O. The van der Waals surface area contributed by atoms with E-state index in [1.165, 1.54) is 11.1 Å². The molecule has 2 heterocycles. The van der Waals surface area contributed by atoms with Gasteiger partial charge in [-0.1, -0.05) is 6.92 Å². The fourth-order valence-corrected chi connectivity index (χ4v) is 2.09. The predicted molar refractivity (Wildman–Crippen MR) is 71.5 cm³/mol. The molecule has 0 bridgehead atoms. The van der Waals surface area contributed by atoms with Gasteiger partial charge in [0.25, 0.3) is 0 Å². The van der Waals surface area contributed by atoms with Crippen LogP contribution >= 0.6 is 0 Å². The Balaban J connectivity index is 2.27. The smallest absolute Gasteiger partial charge is 0.105 e. The fourth-order valence-electron chi connectivity index (χ4n) is 2.09. The molecule has 2 aromatic rings. The standard InChI is InChI=1S/C14H21N3O/c1-4-7-15-14(13-6-8-18-11(13)3)12-9-16-17(5-2)10-12/h6,8-10,14-15H,4-5,7H2,1-3H3. The van der Waals surface area contributed by atoms with Crippen molar-refractivity contribution in [2.24, 2.45) is 0 Å². The van der Waals surface area contributed by atoms with E-state index in [2.05, 4.69) is 30.5 Å². The van der Waals surface area contributed by atoms with E-state index in [4.69, 9.17) is 4.42 Å². The van der Waals surface area contributed by atoms with Gasteiger partial charge in [0.2, 0.25) is 0 Å². The second kappa shape index (κ2) is 5.87. The summed E-state index contributed by atoms with van der Waals surface area (Å²) in [5.41, 5.74) is 2.38. The lowest BCUT2D eigenvalue weighted by atomic mass is 10.0. The fraction of sp³-hybridized carbons (Fsp3) is 0.500. The molecule has 0 aliphatic rings. The number of hydrogen-bond donors (Lipinski definition) is 1. The second-order valence-corrected chi connectivity index (χ2v) is 4.45. The molecule has 0 radical (unpaired) electrons. The summed E-state index contributed by atoms with van der Waals surface area (Å²) in [5.74, 6) is 0.966. The minimum atomic E-state index is 0.170. The zero-order valence-corrected chi connectivity index (χ0v) is 11.3. The van der Waals surface area contributed by atoms with Gasteiger partial charge in [-0.2, -0.15) is 5.10 Å². The van der Waals surface area contributed by atoms with Crippen molar-refractivity contribution in [2.75, 3.05) is 6.54 Å². The molecule has 18 heavy (non-hydrogen) atoms. The lowest BCUT2D eigenvalue weighted by Crippen LogP contribution is -2.23. The van der Waals surface area contributed by atoms with Gasteiger partial charge in [-0.15, -0.1) is 0 Å². The van der Waals surface area contributed by atoms with Crippen molar-refractivity contribution in [3.05, 3.63) is 41.6 Å². The Labute approximate surface area is 108 Å². The van der Waals surface area contributed by atoms with Crippen LogP contribution in [0, 0.1) is 6.92 Å². The molecule has 2 aromatic heterocycles. The van der Waals surface area contributed by atoms with E-state index < -0.39 is 0 Å². The summed E-state index contributed by atoms with van der Waals surface area (Å²) >= 11 is 0. The van der Waals surface area contributed by atoms with Crippen LogP contribution in [0.1, 0.15) is 43.2 Å². The molecule has 0 fully saturated rings. The summed E-state index contributed by atoms with van der Waals surface area (Å²) in [6, 6.07) is 2.20. The molecule has 1 N–H and O–H groups in total. The molecule has 0 aliphatic heterocycles. The van der Waals surface area contributed by atoms with Crippen LogP contribution in [0.2, 0.25) is 0 Å². The first kappa shape index (κ1) is 12.9. The maximum atomic E-state index is 5.41. The maximum absolute atomic E-state index is 5.41. The van der Waals surface area contributed by atoms with Crippen LogP contribution in [0.25, 0.3) is 0 Å². The summed E-state index contributed by atoms with van der Waals surface area (Å²) in [4.78, 5) is 0. The van der Waals surface area contributed by atoms with Crippen LogP contribution in [0.4, 0.5) is 0 Å². The summed E-state index contributed by atoms with van der Waals surface area (Å²) in [5, 5.41) is 7.90. The Morgan fingerprint density at radius 1 is 1.44 bits per heavy atom. The molecule has 0 aliphatic carbocycles. The molecule has 98 valence electrons. The van der Waals surface area contributed by atoms with Gasteiger partial charge in [0, 0.05) is 23.9 Å². The SMILES string of the molecule is CCCNC(c1cnn(CC)c1)c1ccoc1C. The first-order valence-corrected chi connectivity index (χ1v) is 6.56. The molecule has 4 nitrogen and oxygen atoms in total. The average molecular weight is 247 g/mol. The zero-order chi connectivity index (χ0) is 13.0. The Morgan fingerprint density at radius 3 is 2.83 bits per heavy atom. The molecule has 4 heteroatoms. The predicted octanol–water partition coefficient (Wildman–Crippen LogP) is 2.89. The quantitative estimate of drug-likeness (QED) is 0.853. The van der Waals surface area contributed by atoms with Crippen molar-refractivity contribution in [3.63, 3.8) is 0 Å². The normalized spacial score (nSPS) is 12.8. The zero-order valence-electron chi connectivity index (χ0n) is 11.3. The lowest BCUT2D eigenvalue weighted by Gasteiger charge is -2.16.